The van der Waals surface area contributed by atoms with Crippen molar-refractivity contribution in [3.63, 3.8) is 0 Å². The minimum atomic E-state index is -0.699. The Balaban J connectivity index is 1.94. The summed E-state index contributed by atoms with van der Waals surface area (Å²) in [5.41, 5.74) is 1.46. The highest BCUT2D eigenvalue weighted by atomic mass is 32.2. The van der Waals surface area contributed by atoms with Gasteiger partial charge in [-0.05, 0) is 38.4 Å². The van der Waals surface area contributed by atoms with Gasteiger partial charge >= 0.3 is 5.97 Å². The maximum atomic E-state index is 10.6. The van der Waals surface area contributed by atoms with Gasteiger partial charge in [-0.2, -0.15) is 0 Å². The fourth-order valence-electron chi connectivity index (χ4n) is 2.66. The number of fused-ring (bicyclic) bond motifs is 1. The van der Waals surface area contributed by atoms with Gasteiger partial charge in [0.2, 0.25) is 0 Å². The van der Waals surface area contributed by atoms with E-state index in [0.717, 1.165) is 25.3 Å². The largest absolute Gasteiger partial charge is 0.481 e. The minimum absolute atomic E-state index is 0.263. The highest BCUT2D eigenvalue weighted by molar-refractivity contribution is 7.99. The lowest BCUT2D eigenvalue weighted by Crippen LogP contribution is -2.35. The van der Waals surface area contributed by atoms with Crippen LogP contribution in [0.5, 0.6) is 0 Å². The third-order valence-corrected chi connectivity index (χ3v) is 5.07. The average Bonchev–Trinajstić information content (AvgIpc) is 2.80. The molecule has 0 saturated heterocycles. The molecule has 110 valence electrons. The third-order valence-electron chi connectivity index (χ3n) is 3.82. The van der Waals surface area contributed by atoms with E-state index in [9.17, 15) is 4.79 Å². The molecule has 20 heavy (non-hydrogen) atoms. The van der Waals surface area contributed by atoms with Gasteiger partial charge in [-0.3, -0.25) is 4.79 Å². The molecular formula is C16H23NO2S. The smallest absolute Gasteiger partial charge is 0.303 e. The summed E-state index contributed by atoms with van der Waals surface area (Å²) in [6.07, 6.45) is 0.994. The van der Waals surface area contributed by atoms with Crippen molar-refractivity contribution < 1.29 is 9.90 Å². The van der Waals surface area contributed by atoms with Crippen molar-refractivity contribution in [2.45, 2.75) is 43.5 Å². The minimum Gasteiger partial charge on any atom is -0.481 e. The summed E-state index contributed by atoms with van der Waals surface area (Å²) in [5, 5.41) is 8.76. The number of carboxylic acids is 1. The highest BCUT2D eigenvalue weighted by Crippen LogP contribution is 2.39. The van der Waals surface area contributed by atoms with E-state index in [0.29, 0.717) is 12.0 Å². The van der Waals surface area contributed by atoms with E-state index in [4.69, 9.17) is 5.11 Å². The lowest BCUT2D eigenvalue weighted by atomic mass is 10.00. The van der Waals surface area contributed by atoms with Crippen molar-refractivity contribution in [1.29, 1.82) is 0 Å². The molecule has 1 aromatic carbocycles. The fourth-order valence-corrected chi connectivity index (χ4v) is 3.90. The zero-order valence-electron chi connectivity index (χ0n) is 12.2. The fraction of sp³-hybridized carbons (Fsp3) is 0.562. The Hall–Kier alpha value is -1.00. The zero-order chi connectivity index (χ0) is 14.5. The van der Waals surface area contributed by atoms with E-state index < -0.39 is 5.97 Å². The Morgan fingerprint density at radius 3 is 2.90 bits per heavy atom. The molecule has 3 nitrogen and oxygen atoms in total. The molecule has 1 aliphatic heterocycles. The molecule has 0 spiro atoms. The molecule has 0 amide bonds. The Kier molecular flexibility index (Phi) is 5.49. The van der Waals surface area contributed by atoms with Crippen LogP contribution in [-0.2, 0) is 4.79 Å². The van der Waals surface area contributed by atoms with E-state index in [1.807, 2.05) is 11.8 Å². The molecule has 1 atom stereocenters. The Morgan fingerprint density at radius 1 is 1.45 bits per heavy atom. The SMILES string of the molecule is CC(C)N(CCCC(=O)O)CC1CSc2ccccc21. The Labute approximate surface area is 125 Å². The van der Waals surface area contributed by atoms with Gasteiger partial charge in [0.05, 0.1) is 0 Å². The summed E-state index contributed by atoms with van der Waals surface area (Å²) in [6.45, 7) is 6.28. The van der Waals surface area contributed by atoms with Gasteiger partial charge < -0.3 is 10.0 Å². The number of rotatable bonds is 7. The topological polar surface area (TPSA) is 40.5 Å². The predicted octanol–water partition coefficient (Wildman–Crippen LogP) is 3.45. The van der Waals surface area contributed by atoms with Crippen LogP contribution in [0.1, 0.15) is 38.2 Å². The summed E-state index contributed by atoms with van der Waals surface area (Å²) < 4.78 is 0. The summed E-state index contributed by atoms with van der Waals surface area (Å²) in [4.78, 5) is 14.5. The quantitative estimate of drug-likeness (QED) is 0.836. The number of benzene rings is 1. The predicted molar refractivity (Wildman–Crippen MR) is 83.5 cm³/mol. The zero-order valence-corrected chi connectivity index (χ0v) is 13.0. The standard InChI is InChI=1S/C16H23NO2S/c1-12(2)17(9-5-8-16(18)19)10-13-11-20-15-7-4-3-6-14(13)15/h3-4,6-7,12-13H,5,8-11H2,1-2H3,(H,18,19). The molecule has 0 aliphatic carbocycles. The number of nitrogens with zero attached hydrogens (tertiary/aromatic N) is 1. The second kappa shape index (κ2) is 7.14. The first-order valence-electron chi connectivity index (χ1n) is 7.25. The molecule has 1 unspecified atom stereocenters. The van der Waals surface area contributed by atoms with Crippen LogP contribution in [0.2, 0.25) is 0 Å². The molecule has 0 aromatic heterocycles. The number of carboxylic acid groups (broad SMARTS) is 1. The molecule has 1 heterocycles. The molecule has 1 aliphatic rings. The van der Waals surface area contributed by atoms with Gasteiger partial charge in [-0.15, -0.1) is 11.8 Å². The number of thioether (sulfide) groups is 1. The Bertz CT molecular complexity index is 462. The maximum Gasteiger partial charge on any atom is 0.303 e. The van der Waals surface area contributed by atoms with Gasteiger partial charge in [0.15, 0.2) is 0 Å². The lowest BCUT2D eigenvalue weighted by molar-refractivity contribution is -0.137. The number of aliphatic carboxylic acids is 1. The summed E-state index contributed by atoms with van der Waals surface area (Å²) in [6, 6.07) is 9.10. The van der Waals surface area contributed by atoms with Gasteiger partial charge in [0.25, 0.3) is 0 Å². The van der Waals surface area contributed by atoms with Crippen molar-refractivity contribution in [2.24, 2.45) is 0 Å². The van der Waals surface area contributed by atoms with Gasteiger partial charge in [0.1, 0.15) is 0 Å². The number of hydrogen-bond acceptors (Lipinski definition) is 3. The number of carbonyl (C=O) groups is 1. The van der Waals surface area contributed by atoms with Gasteiger partial charge in [-0.25, -0.2) is 0 Å². The maximum absolute atomic E-state index is 10.6. The monoisotopic (exact) mass is 293 g/mol. The Morgan fingerprint density at radius 2 is 2.20 bits per heavy atom. The molecule has 1 aromatic rings. The normalized spacial score (nSPS) is 17.7. The molecule has 0 radical (unpaired) electrons. The molecule has 0 fully saturated rings. The number of hydrogen-bond donors (Lipinski definition) is 1. The van der Waals surface area contributed by atoms with Gasteiger partial charge in [0, 0.05) is 35.6 Å². The van der Waals surface area contributed by atoms with Crippen LogP contribution in [0.15, 0.2) is 29.2 Å². The summed E-state index contributed by atoms with van der Waals surface area (Å²) in [7, 11) is 0. The van der Waals surface area contributed by atoms with Crippen LogP contribution in [0.3, 0.4) is 0 Å². The average molecular weight is 293 g/mol. The van der Waals surface area contributed by atoms with E-state index >= 15 is 0 Å². The first-order chi connectivity index (χ1) is 9.58. The molecule has 0 bridgehead atoms. The van der Waals surface area contributed by atoms with Crippen LogP contribution in [0.4, 0.5) is 0 Å². The van der Waals surface area contributed by atoms with Crippen LogP contribution in [0, 0.1) is 0 Å². The molecular weight excluding hydrogens is 270 g/mol. The molecule has 2 rings (SSSR count). The summed E-state index contributed by atoms with van der Waals surface area (Å²) in [5.74, 6) is 1.01. The molecule has 1 N–H and O–H groups in total. The van der Waals surface area contributed by atoms with Crippen LogP contribution >= 0.6 is 11.8 Å². The van der Waals surface area contributed by atoms with Crippen molar-refractivity contribution >= 4 is 17.7 Å². The third kappa shape index (κ3) is 4.00. The van der Waals surface area contributed by atoms with E-state index in [2.05, 4.69) is 43.0 Å². The second-order valence-electron chi connectivity index (χ2n) is 5.63. The van der Waals surface area contributed by atoms with E-state index in [1.54, 1.807) is 0 Å². The lowest BCUT2D eigenvalue weighted by Gasteiger charge is -2.29. The van der Waals surface area contributed by atoms with Crippen molar-refractivity contribution in [3.8, 4) is 0 Å². The highest BCUT2D eigenvalue weighted by Gasteiger charge is 2.25. The molecule has 4 heteroatoms. The molecule has 0 saturated carbocycles. The van der Waals surface area contributed by atoms with Crippen molar-refractivity contribution in [2.75, 3.05) is 18.8 Å². The van der Waals surface area contributed by atoms with Crippen LogP contribution < -0.4 is 0 Å². The van der Waals surface area contributed by atoms with Crippen LogP contribution in [-0.4, -0.2) is 40.9 Å². The van der Waals surface area contributed by atoms with E-state index in [-0.39, 0.29) is 6.42 Å². The van der Waals surface area contributed by atoms with Crippen molar-refractivity contribution in [3.05, 3.63) is 29.8 Å². The van der Waals surface area contributed by atoms with E-state index in [1.165, 1.54) is 10.5 Å². The van der Waals surface area contributed by atoms with Crippen LogP contribution in [0.25, 0.3) is 0 Å². The summed E-state index contributed by atoms with van der Waals surface area (Å²) >= 11 is 1.94. The second-order valence-corrected chi connectivity index (χ2v) is 6.69. The first-order valence-corrected chi connectivity index (χ1v) is 8.24. The first kappa shape index (κ1) is 15.4. The van der Waals surface area contributed by atoms with Gasteiger partial charge in [-0.1, -0.05) is 18.2 Å². The van der Waals surface area contributed by atoms with Crippen molar-refractivity contribution in [1.82, 2.24) is 4.90 Å².